The Morgan fingerprint density at radius 3 is 2.81 bits per heavy atom. The van der Waals surface area contributed by atoms with Gasteiger partial charge in [-0.05, 0) is 19.1 Å². The van der Waals surface area contributed by atoms with Crippen LogP contribution in [0.2, 0.25) is 0 Å². The molecule has 0 spiro atoms. The van der Waals surface area contributed by atoms with Crippen LogP contribution in [0, 0.1) is 0 Å². The van der Waals surface area contributed by atoms with Gasteiger partial charge in [-0.2, -0.15) is 5.10 Å². The van der Waals surface area contributed by atoms with Crippen molar-refractivity contribution in [2.45, 2.75) is 20.0 Å². The first kappa shape index (κ1) is 16.0. The van der Waals surface area contributed by atoms with E-state index in [1.807, 2.05) is 48.3 Å². The minimum atomic E-state index is 0.160. The molecule has 9 nitrogen and oxygen atoms in total. The molecule has 1 aromatic carbocycles. The van der Waals surface area contributed by atoms with Crippen molar-refractivity contribution in [3.05, 3.63) is 42.4 Å². The summed E-state index contributed by atoms with van der Waals surface area (Å²) in [5.74, 6) is 0.795. The number of hydrogen-bond donors (Lipinski definition) is 1. The van der Waals surface area contributed by atoms with Gasteiger partial charge in [-0.15, -0.1) is 5.10 Å². The molecule has 0 aliphatic rings. The molecule has 0 unspecified atom stereocenters. The maximum absolute atomic E-state index is 5.89. The van der Waals surface area contributed by atoms with Crippen molar-refractivity contribution >= 4 is 16.9 Å². The molecule has 2 N–H and O–H groups in total. The zero-order chi connectivity index (χ0) is 18.1. The predicted molar refractivity (Wildman–Crippen MR) is 96.5 cm³/mol. The lowest BCUT2D eigenvalue weighted by Crippen LogP contribution is -2.03. The van der Waals surface area contributed by atoms with E-state index in [4.69, 9.17) is 10.5 Å². The number of fused-ring (bicyclic) bond motifs is 1. The highest BCUT2D eigenvalue weighted by atomic mass is 16.5. The zero-order valence-electron chi connectivity index (χ0n) is 14.5. The number of nitrogen functional groups attached to an aromatic ring is 1. The molecule has 3 heterocycles. The molecular weight excluding hydrogens is 332 g/mol. The van der Waals surface area contributed by atoms with Crippen LogP contribution in [-0.4, -0.2) is 41.9 Å². The third-order valence-corrected chi connectivity index (χ3v) is 4.05. The Hall–Kier alpha value is -3.49. The van der Waals surface area contributed by atoms with Crippen molar-refractivity contribution in [1.82, 2.24) is 34.7 Å². The molecule has 26 heavy (non-hydrogen) atoms. The van der Waals surface area contributed by atoms with Gasteiger partial charge >= 0.3 is 0 Å². The second kappa shape index (κ2) is 6.43. The minimum absolute atomic E-state index is 0.160. The Labute approximate surface area is 149 Å². The van der Waals surface area contributed by atoms with Crippen LogP contribution in [0.15, 0.2) is 36.7 Å². The largest absolute Gasteiger partial charge is 0.494 e. The average Bonchev–Trinajstić information content (AvgIpc) is 3.30. The van der Waals surface area contributed by atoms with E-state index in [1.54, 1.807) is 11.8 Å². The quantitative estimate of drug-likeness (QED) is 0.584. The lowest BCUT2D eigenvalue weighted by Gasteiger charge is -2.07. The normalized spacial score (nSPS) is 11.2. The lowest BCUT2D eigenvalue weighted by molar-refractivity contribution is 0.419. The second-order valence-corrected chi connectivity index (χ2v) is 5.75. The molecule has 0 radical (unpaired) electrons. The highest BCUT2D eigenvalue weighted by Crippen LogP contribution is 2.30. The van der Waals surface area contributed by atoms with Gasteiger partial charge in [0.25, 0.3) is 0 Å². The molecule has 4 rings (SSSR count). The van der Waals surface area contributed by atoms with Gasteiger partial charge in [-0.3, -0.25) is 4.68 Å². The van der Waals surface area contributed by atoms with Gasteiger partial charge in [0.1, 0.15) is 22.7 Å². The first-order valence-electron chi connectivity index (χ1n) is 8.21. The van der Waals surface area contributed by atoms with E-state index in [9.17, 15) is 0 Å². The van der Waals surface area contributed by atoms with E-state index < -0.39 is 0 Å². The van der Waals surface area contributed by atoms with E-state index in [0.717, 1.165) is 17.6 Å². The van der Waals surface area contributed by atoms with E-state index in [1.165, 1.54) is 0 Å². The monoisotopic (exact) mass is 350 g/mol. The molecule has 0 amide bonds. The molecule has 0 aliphatic carbocycles. The Bertz CT molecular complexity index is 1070. The molecular formula is C17H18N8O. The number of aromatic nitrogens is 7. The summed E-state index contributed by atoms with van der Waals surface area (Å²) in [7, 11) is 1.60. The molecule has 9 heteroatoms. The standard InChI is InChI=1S/C17H18N8O/c1-3-24-8-7-11(22-24)9-25-10-13(21-23-25)15-12-5-4-6-14(26-2)16(12)20-17(18)19-15/h4-8,10H,3,9H2,1-2H3,(H2,18,19,20). The van der Waals surface area contributed by atoms with E-state index in [2.05, 4.69) is 25.4 Å². The number of methoxy groups -OCH3 is 1. The molecule has 0 aliphatic heterocycles. The van der Waals surface area contributed by atoms with Crippen molar-refractivity contribution in [2.75, 3.05) is 12.8 Å². The van der Waals surface area contributed by atoms with Gasteiger partial charge in [-0.25, -0.2) is 14.6 Å². The number of para-hydroxylation sites is 1. The first-order valence-corrected chi connectivity index (χ1v) is 8.21. The van der Waals surface area contributed by atoms with E-state index >= 15 is 0 Å². The lowest BCUT2D eigenvalue weighted by atomic mass is 10.1. The maximum Gasteiger partial charge on any atom is 0.221 e. The molecule has 132 valence electrons. The third kappa shape index (κ3) is 2.83. The summed E-state index contributed by atoms with van der Waals surface area (Å²) in [5, 5.41) is 13.7. The Balaban J connectivity index is 1.73. The number of aryl methyl sites for hydroxylation is 1. The van der Waals surface area contributed by atoms with Crippen LogP contribution in [0.5, 0.6) is 5.75 Å². The summed E-state index contributed by atoms with van der Waals surface area (Å²) < 4.78 is 8.97. The number of benzene rings is 1. The van der Waals surface area contributed by atoms with Gasteiger partial charge < -0.3 is 10.5 Å². The summed E-state index contributed by atoms with van der Waals surface area (Å²) >= 11 is 0. The van der Waals surface area contributed by atoms with Crippen LogP contribution in [-0.2, 0) is 13.1 Å². The van der Waals surface area contributed by atoms with Crippen LogP contribution in [0.3, 0.4) is 0 Å². The van der Waals surface area contributed by atoms with Gasteiger partial charge in [0.15, 0.2) is 0 Å². The second-order valence-electron chi connectivity index (χ2n) is 5.75. The Morgan fingerprint density at radius 2 is 2.04 bits per heavy atom. The van der Waals surface area contributed by atoms with Crippen LogP contribution in [0.25, 0.3) is 22.3 Å². The average molecular weight is 350 g/mol. The van der Waals surface area contributed by atoms with Gasteiger partial charge in [0.05, 0.1) is 25.5 Å². The summed E-state index contributed by atoms with van der Waals surface area (Å²) in [4.78, 5) is 8.65. The third-order valence-electron chi connectivity index (χ3n) is 4.05. The van der Waals surface area contributed by atoms with Crippen LogP contribution < -0.4 is 10.5 Å². The van der Waals surface area contributed by atoms with Crippen molar-refractivity contribution in [3.63, 3.8) is 0 Å². The minimum Gasteiger partial charge on any atom is -0.494 e. The topological polar surface area (TPSA) is 110 Å². The molecule has 0 saturated heterocycles. The predicted octanol–water partition coefficient (Wildman–Crippen LogP) is 1.74. The molecule has 0 fully saturated rings. The first-order chi connectivity index (χ1) is 12.7. The molecule has 3 aromatic heterocycles. The van der Waals surface area contributed by atoms with E-state index in [0.29, 0.717) is 29.2 Å². The summed E-state index contributed by atoms with van der Waals surface area (Å²) in [6.07, 6.45) is 3.77. The number of ether oxygens (including phenoxy) is 1. The Kier molecular flexibility index (Phi) is 3.96. The zero-order valence-corrected chi connectivity index (χ0v) is 14.5. The van der Waals surface area contributed by atoms with Crippen molar-refractivity contribution in [2.24, 2.45) is 0 Å². The highest BCUT2D eigenvalue weighted by Gasteiger charge is 2.15. The molecule has 0 atom stereocenters. The number of nitrogens with two attached hydrogens (primary N) is 1. The van der Waals surface area contributed by atoms with Crippen LogP contribution in [0.4, 0.5) is 5.95 Å². The number of anilines is 1. The summed E-state index contributed by atoms with van der Waals surface area (Å²) in [5.41, 5.74) is 8.69. The Morgan fingerprint density at radius 1 is 1.15 bits per heavy atom. The van der Waals surface area contributed by atoms with Crippen LogP contribution >= 0.6 is 0 Å². The fraction of sp³-hybridized carbons (Fsp3) is 0.235. The fourth-order valence-electron chi connectivity index (χ4n) is 2.82. The molecule has 4 aromatic rings. The molecule has 0 saturated carbocycles. The number of rotatable bonds is 5. The fourth-order valence-corrected chi connectivity index (χ4v) is 2.82. The SMILES string of the molecule is CCn1ccc(Cn2cc(-c3nc(N)nc4c(OC)cccc34)nn2)n1. The molecule has 0 bridgehead atoms. The highest BCUT2D eigenvalue weighted by molar-refractivity contribution is 5.95. The van der Waals surface area contributed by atoms with Crippen molar-refractivity contribution < 1.29 is 4.74 Å². The van der Waals surface area contributed by atoms with Crippen molar-refractivity contribution in [3.8, 4) is 17.1 Å². The summed E-state index contributed by atoms with van der Waals surface area (Å²) in [6.45, 7) is 3.40. The van der Waals surface area contributed by atoms with E-state index in [-0.39, 0.29) is 5.95 Å². The van der Waals surface area contributed by atoms with Crippen molar-refractivity contribution in [1.29, 1.82) is 0 Å². The maximum atomic E-state index is 5.89. The van der Waals surface area contributed by atoms with Gasteiger partial charge in [-0.1, -0.05) is 17.3 Å². The summed E-state index contributed by atoms with van der Waals surface area (Å²) in [6, 6.07) is 7.59. The number of hydrogen-bond acceptors (Lipinski definition) is 7. The van der Waals surface area contributed by atoms with Crippen LogP contribution in [0.1, 0.15) is 12.6 Å². The van der Waals surface area contributed by atoms with Gasteiger partial charge in [0.2, 0.25) is 5.95 Å². The van der Waals surface area contributed by atoms with Gasteiger partial charge in [0, 0.05) is 18.1 Å². The smallest absolute Gasteiger partial charge is 0.221 e. The number of nitrogens with zero attached hydrogens (tertiary/aromatic N) is 7.